The average molecular weight is 430 g/mol. The van der Waals surface area contributed by atoms with Crippen molar-refractivity contribution in [3.8, 4) is 0 Å². The maximum atomic E-state index is 12.3. The van der Waals surface area contributed by atoms with Gasteiger partial charge in [0.15, 0.2) is 0 Å². The fourth-order valence-corrected chi connectivity index (χ4v) is 3.12. The average Bonchev–Trinajstić information content (AvgIpc) is 3.00. The van der Waals surface area contributed by atoms with Crippen LogP contribution in [0.1, 0.15) is 27.1 Å². The summed E-state index contributed by atoms with van der Waals surface area (Å²) in [6.45, 7) is -0.0940. The highest BCUT2D eigenvalue weighted by Crippen LogP contribution is 2.27. The number of benzene rings is 2. The number of carbonyl (C=O) groups excluding carboxylic acids is 2. The molecule has 0 spiro atoms. The van der Waals surface area contributed by atoms with Crippen LogP contribution in [0.25, 0.3) is 0 Å². The number of carbonyl (C=O) groups is 2. The maximum absolute atomic E-state index is 12.3. The third-order valence-corrected chi connectivity index (χ3v) is 4.74. The van der Waals surface area contributed by atoms with Crippen LogP contribution in [0.3, 0.4) is 0 Å². The fourth-order valence-electron chi connectivity index (χ4n) is 2.56. The predicted octanol–water partition coefficient (Wildman–Crippen LogP) is 4.73. The Morgan fingerprint density at radius 2 is 1.44 bits per heavy atom. The molecule has 2 aromatic carbocycles. The summed E-state index contributed by atoms with van der Waals surface area (Å²) in [6, 6.07) is 12.6. The topological polar surface area (TPSA) is 61.8 Å². The molecule has 0 radical (unpaired) electrons. The van der Waals surface area contributed by atoms with Gasteiger partial charge in [-0.25, -0.2) is 9.59 Å². The van der Waals surface area contributed by atoms with E-state index in [-0.39, 0.29) is 6.61 Å². The molecule has 0 saturated carbocycles. The number of halogens is 3. The van der Waals surface area contributed by atoms with Crippen LogP contribution in [0, 0.1) is 0 Å². The summed E-state index contributed by atoms with van der Waals surface area (Å²) in [5.41, 5.74) is 0.0797. The van der Waals surface area contributed by atoms with Crippen molar-refractivity contribution in [2.24, 2.45) is 0 Å². The first-order valence-corrected chi connectivity index (χ1v) is 9.30. The molecule has 0 aliphatic carbocycles. The third-order valence-electron chi connectivity index (χ3n) is 3.95. The molecule has 0 amide bonds. The quantitative estimate of drug-likeness (QED) is 0.508. The number of hydrogen-bond acceptors (Lipinski definition) is 5. The molecule has 1 aliphatic rings. The fraction of sp³-hybridized carbons (Fsp3) is 0.263. The Hall–Kier alpha value is -1.79. The van der Waals surface area contributed by atoms with E-state index in [1.165, 1.54) is 0 Å². The summed E-state index contributed by atoms with van der Waals surface area (Å²) >= 11 is 17.6. The van der Waals surface area contributed by atoms with Gasteiger partial charge in [0.2, 0.25) is 0 Å². The molecule has 142 valence electrons. The molecule has 3 atom stereocenters. The first-order chi connectivity index (χ1) is 12.9. The van der Waals surface area contributed by atoms with E-state index in [2.05, 4.69) is 0 Å². The van der Waals surface area contributed by atoms with Crippen LogP contribution in [0.2, 0.25) is 10.0 Å². The van der Waals surface area contributed by atoms with Crippen molar-refractivity contribution in [1.82, 2.24) is 0 Å². The number of esters is 2. The molecule has 1 heterocycles. The second-order valence-corrected chi connectivity index (χ2v) is 7.24. The molecule has 3 rings (SSSR count). The van der Waals surface area contributed by atoms with Crippen molar-refractivity contribution in [3.63, 3.8) is 0 Å². The highest BCUT2D eigenvalue weighted by atomic mass is 35.5. The van der Waals surface area contributed by atoms with E-state index < -0.39 is 29.7 Å². The summed E-state index contributed by atoms with van der Waals surface area (Å²) in [4.78, 5) is 24.4. The second kappa shape index (κ2) is 8.93. The van der Waals surface area contributed by atoms with Gasteiger partial charge in [-0.3, -0.25) is 0 Å². The standard InChI is InChI=1S/C19H15Cl3O5/c20-13-5-1-11(2-6-13)18(23)25-10-16-15(9-17(22)26-16)27-19(24)12-3-7-14(21)8-4-12/h1-8,15-17H,9-10H2/t15-,16-,17-/m1/s1. The zero-order valence-electron chi connectivity index (χ0n) is 13.9. The van der Waals surface area contributed by atoms with Gasteiger partial charge in [0.05, 0.1) is 11.1 Å². The molecule has 0 unspecified atom stereocenters. The van der Waals surface area contributed by atoms with Crippen LogP contribution in [0.4, 0.5) is 0 Å². The van der Waals surface area contributed by atoms with Crippen LogP contribution in [-0.2, 0) is 14.2 Å². The zero-order valence-corrected chi connectivity index (χ0v) is 16.2. The lowest BCUT2D eigenvalue weighted by atomic mass is 10.2. The summed E-state index contributed by atoms with van der Waals surface area (Å²) in [7, 11) is 0. The van der Waals surface area contributed by atoms with Gasteiger partial charge in [0, 0.05) is 16.5 Å². The number of hydrogen-bond donors (Lipinski definition) is 0. The Kier molecular flexibility index (Phi) is 6.60. The highest BCUT2D eigenvalue weighted by Gasteiger charge is 2.38. The number of alkyl halides is 1. The minimum Gasteiger partial charge on any atom is -0.459 e. The predicted molar refractivity (Wildman–Crippen MR) is 102 cm³/mol. The zero-order chi connectivity index (χ0) is 19.4. The number of rotatable bonds is 5. The normalized spacial score (nSPS) is 21.7. The van der Waals surface area contributed by atoms with Gasteiger partial charge in [-0.05, 0) is 48.5 Å². The minimum atomic E-state index is -0.653. The van der Waals surface area contributed by atoms with Crippen LogP contribution >= 0.6 is 34.8 Å². The van der Waals surface area contributed by atoms with Gasteiger partial charge >= 0.3 is 11.9 Å². The van der Waals surface area contributed by atoms with Crippen molar-refractivity contribution in [2.45, 2.75) is 24.2 Å². The molecule has 5 nitrogen and oxygen atoms in total. The Labute approximate surface area is 171 Å². The lowest BCUT2D eigenvalue weighted by Crippen LogP contribution is -2.32. The van der Waals surface area contributed by atoms with Crippen molar-refractivity contribution in [1.29, 1.82) is 0 Å². The Morgan fingerprint density at radius 1 is 0.926 bits per heavy atom. The molecule has 27 heavy (non-hydrogen) atoms. The van der Waals surface area contributed by atoms with Gasteiger partial charge in [-0.2, -0.15) is 0 Å². The van der Waals surface area contributed by atoms with Crippen LogP contribution in [0.5, 0.6) is 0 Å². The van der Waals surface area contributed by atoms with Gasteiger partial charge in [0.25, 0.3) is 0 Å². The molecule has 2 aromatic rings. The van der Waals surface area contributed by atoms with Crippen molar-refractivity contribution >= 4 is 46.7 Å². The third kappa shape index (κ3) is 5.36. The van der Waals surface area contributed by atoms with Crippen molar-refractivity contribution in [2.75, 3.05) is 6.61 Å². The Morgan fingerprint density at radius 3 is 2.00 bits per heavy atom. The largest absolute Gasteiger partial charge is 0.459 e. The molecule has 1 fully saturated rings. The van der Waals surface area contributed by atoms with Gasteiger partial charge in [0.1, 0.15) is 24.4 Å². The highest BCUT2D eigenvalue weighted by molar-refractivity contribution is 6.31. The molecule has 0 bridgehead atoms. The molecular weight excluding hydrogens is 415 g/mol. The maximum Gasteiger partial charge on any atom is 0.338 e. The molecule has 1 aliphatic heterocycles. The smallest absolute Gasteiger partial charge is 0.338 e. The van der Waals surface area contributed by atoms with Gasteiger partial charge in [-0.15, -0.1) is 0 Å². The van der Waals surface area contributed by atoms with Crippen LogP contribution < -0.4 is 0 Å². The van der Waals surface area contributed by atoms with Crippen LogP contribution in [-0.4, -0.2) is 36.3 Å². The van der Waals surface area contributed by atoms with E-state index in [4.69, 9.17) is 49.0 Å². The first-order valence-electron chi connectivity index (χ1n) is 8.11. The van der Waals surface area contributed by atoms with E-state index in [0.717, 1.165) is 0 Å². The van der Waals surface area contributed by atoms with E-state index in [1.54, 1.807) is 48.5 Å². The van der Waals surface area contributed by atoms with Crippen molar-refractivity contribution in [3.05, 3.63) is 69.7 Å². The van der Waals surface area contributed by atoms with Gasteiger partial charge < -0.3 is 14.2 Å². The summed E-state index contributed by atoms with van der Waals surface area (Å²) in [5, 5.41) is 1.04. The molecule has 0 aromatic heterocycles. The SMILES string of the molecule is O=C(OC[C@H]1O[C@@H](Cl)C[C@H]1OC(=O)c1ccc(Cl)cc1)c1ccc(Cl)cc1. The Balaban J connectivity index is 1.58. The van der Waals surface area contributed by atoms with Gasteiger partial charge in [-0.1, -0.05) is 34.8 Å². The minimum absolute atomic E-state index is 0.0940. The Bertz CT molecular complexity index is 807. The lowest BCUT2D eigenvalue weighted by Gasteiger charge is -2.19. The second-order valence-electron chi connectivity index (χ2n) is 5.88. The molecule has 8 heteroatoms. The van der Waals surface area contributed by atoms with E-state index in [0.29, 0.717) is 27.6 Å². The first kappa shape index (κ1) is 20.0. The summed E-state index contributed by atoms with van der Waals surface area (Å²) < 4.78 is 16.2. The lowest BCUT2D eigenvalue weighted by molar-refractivity contribution is -0.0322. The number of ether oxygens (including phenoxy) is 3. The molecule has 0 N–H and O–H groups in total. The summed E-state index contributed by atoms with van der Waals surface area (Å²) in [6.07, 6.45) is -0.988. The molecule has 1 saturated heterocycles. The monoisotopic (exact) mass is 428 g/mol. The van der Waals surface area contributed by atoms with E-state index in [9.17, 15) is 9.59 Å². The summed E-state index contributed by atoms with van der Waals surface area (Å²) in [5.74, 6) is -1.06. The van der Waals surface area contributed by atoms with Crippen molar-refractivity contribution < 1.29 is 23.8 Å². The van der Waals surface area contributed by atoms with E-state index >= 15 is 0 Å². The van der Waals surface area contributed by atoms with Crippen LogP contribution in [0.15, 0.2) is 48.5 Å². The molecular formula is C19H15Cl3O5. The van der Waals surface area contributed by atoms with E-state index in [1.807, 2.05) is 0 Å².